The lowest BCUT2D eigenvalue weighted by Crippen LogP contribution is -2.40. The number of aryl methyl sites for hydroxylation is 2. The first-order valence-electron chi connectivity index (χ1n) is 6.77. The number of carbonyl (C=O) groups is 2. The smallest absolute Gasteiger partial charge is 0.326 e. The Morgan fingerprint density at radius 2 is 2.16 bits per heavy atom. The van der Waals surface area contributed by atoms with Gasteiger partial charge in [0, 0.05) is 4.88 Å². The number of aliphatic carboxylic acids is 1. The van der Waals surface area contributed by atoms with Gasteiger partial charge in [0.25, 0.3) is 5.91 Å². The molecule has 0 unspecified atom stereocenters. The molecule has 19 heavy (non-hydrogen) atoms. The highest BCUT2D eigenvalue weighted by atomic mass is 32.1. The van der Waals surface area contributed by atoms with Gasteiger partial charge in [-0.05, 0) is 43.7 Å². The van der Waals surface area contributed by atoms with Crippen LogP contribution in [-0.4, -0.2) is 23.0 Å². The SMILES string of the molecule is CCC[C@@H](NC(=O)c1cc2c(s1)CCCC2)C(=O)O. The van der Waals surface area contributed by atoms with E-state index >= 15 is 0 Å². The molecule has 1 aromatic heterocycles. The van der Waals surface area contributed by atoms with Crippen LogP contribution in [0.2, 0.25) is 0 Å². The van der Waals surface area contributed by atoms with E-state index in [-0.39, 0.29) is 5.91 Å². The number of carboxylic acid groups (broad SMARTS) is 1. The standard InChI is InChI=1S/C14H19NO3S/c1-2-5-10(14(17)18)15-13(16)12-8-9-6-3-4-7-11(9)19-12/h8,10H,2-7H2,1H3,(H,15,16)(H,17,18)/t10-/m1/s1. The van der Waals surface area contributed by atoms with Crippen molar-refractivity contribution < 1.29 is 14.7 Å². The quantitative estimate of drug-likeness (QED) is 0.872. The monoisotopic (exact) mass is 281 g/mol. The second kappa shape index (κ2) is 6.19. The van der Waals surface area contributed by atoms with Crippen LogP contribution < -0.4 is 5.32 Å². The second-order valence-electron chi connectivity index (χ2n) is 4.92. The number of nitrogens with one attached hydrogen (secondary N) is 1. The fourth-order valence-corrected chi connectivity index (χ4v) is 3.53. The number of hydrogen-bond acceptors (Lipinski definition) is 3. The molecule has 1 heterocycles. The van der Waals surface area contributed by atoms with Crippen LogP contribution in [0.3, 0.4) is 0 Å². The lowest BCUT2D eigenvalue weighted by molar-refractivity contribution is -0.139. The molecule has 0 saturated heterocycles. The van der Waals surface area contributed by atoms with Gasteiger partial charge in [0.15, 0.2) is 0 Å². The van der Waals surface area contributed by atoms with Gasteiger partial charge in [0.05, 0.1) is 4.88 Å². The lowest BCUT2D eigenvalue weighted by atomic mass is 9.99. The third-order valence-electron chi connectivity index (χ3n) is 3.40. The Morgan fingerprint density at radius 3 is 2.79 bits per heavy atom. The minimum Gasteiger partial charge on any atom is -0.480 e. The van der Waals surface area contributed by atoms with Gasteiger partial charge in [-0.3, -0.25) is 4.79 Å². The highest BCUT2D eigenvalue weighted by molar-refractivity contribution is 7.14. The Morgan fingerprint density at radius 1 is 1.42 bits per heavy atom. The first kappa shape index (κ1) is 14.1. The Hall–Kier alpha value is -1.36. The molecule has 1 aliphatic carbocycles. The van der Waals surface area contributed by atoms with Crippen LogP contribution in [-0.2, 0) is 17.6 Å². The molecule has 2 rings (SSSR count). The Bertz CT molecular complexity index is 458. The van der Waals surface area contributed by atoms with E-state index in [0.717, 1.165) is 19.3 Å². The van der Waals surface area contributed by atoms with Crippen LogP contribution in [0, 0.1) is 0 Å². The van der Waals surface area contributed by atoms with Crippen molar-refractivity contribution in [3.63, 3.8) is 0 Å². The molecule has 0 saturated carbocycles. The van der Waals surface area contributed by atoms with Crippen molar-refractivity contribution >= 4 is 23.2 Å². The van der Waals surface area contributed by atoms with Crippen molar-refractivity contribution in [1.82, 2.24) is 5.32 Å². The Balaban J connectivity index is 2.06. The van der Waals surface area contributed by atoms with E-state index in [1.807, 2.05) is 13.0 Å². The minimum atomic E-state index is -0.962. The van der Waals surface area contributed by atoms with Crippen molar-refractivity contribution in [3.05, 3.63) is 21.4 Å². The highest BCUT2D eigenvalue weighted by Crippen LogP contribution is 2.29. The summed E-state index contributed by atoms with van der Waals surface area (Å²) in [7, 11) is 0. The predicted octanol–water partition coefficient (Wildman–Crippen LogP) is 2.61. The summed E-state index contributed by atoms with van der Waals surface area (Å²) in [5, 5.41) is 11.7. The summed E-state index contributed by atoms with van der Waals surface area (Å²) < 4.78 is 0. The van der Waals surface area contributed by atoms with Crippen LogP contribution in [0.5, 0.6) is 0 Å². The van der Waals surface area contributed by atoms with E-state index in [1.54, 1.807) is 0 Å². The van der Waals surface area contributed by atoms with Crippen LogP contribution in [0.1, 0.15) is 52.7 Å². The summed E-state index contributed by atoms with van der Waals surface area (Å²) >= 11 is 1.51. The molecule has 0 spiro atoms. The van der Waals surface area contributed by atoms with Crippen LogP contribution >= 0.6 is 11.3 Å². The van der Waals surface area contributed by atoms with Gasteiger partial charge in [-0.2, -0.15) is 0 Å². The van der Waals surface area contributed by atoms with Crippen molar-refractivity contribution in [1.29, 1.82) is 0 Å². The third-order valence-corrected chi connectivity index (χ3v) is 4.64. The van der Waals surface area contributed by atoms with E-state index in [1.165, 1.54) is 34.6 Å². The first-order chi connectivity index (χ1) is 9.11. The van der Waals surface area contributed by atoms with Gasteiger partial charge < -0.3 is 10.4 Å². The van der Waals surface area contributed by atoms with Gasteiger partial charge in [0.1, 0.15) is 6.04 Å². The molecule has 4 nitrogen and oxygen atoms in total. The molecule has 0 radical (unpaired) electrons. The highest BCUT2D eigenvalue weighted by Gasteiger charge is 2.22. The normalized spacial score (nSPS) is 15.6. The van der Waals surface area contributed by atoms with Gasteiger partial charge in [0.2, 0.25) is 0 Å². The number of hydrogen-bond donors (Lipinski definition) is 2. The molecular weight excluding hydrogens is 262 g/mol. The van der Waals surface area contributed by atoms with Crippen molar-refractivity contribution in [3.8, 4) is 0 Å². The van der Waals surface area contributed by atoms with E-state index in [2.05, 4.69) is 5.32 Å². The summed E-state index contributed by atoms with van der Waals surface area (Å²) in [6.45, 7) is 1.91. The predicted molar refractivity (Wildman–Crippen MR) is 74.8 cm³/mol. The molecule has 0 aromatic carbocycles. The number of rotatable bonds is 5. The largest absolute Gasteiger partial charge is 0.480 e. The van der Waals surface area contributed by atoms with Crippen molar-refractivity contribution in [2.75, 3.05) is 0 Å². The molecule has 1 atom stereocenters. The van der Waals surface area contributed by atoms with Gasteiger partial charge in [-0.25, -0.2) is 4.79 Å². The van der Waals surface area contributed by atoms with Gasteiger partial charge in [-0.15, -0.1) is 11.3 Å². The Kier molecular flexibility index (Phi) is 4.58. The molecule has 5 heteroatoms. The maximum absolute atomic E-state index is 12.1. The lowest BCUT2D eigenvalue weighted by Gasteiger charge is -2.12. The number of carboxylic acids is 1. The van der Waals surface area contributed by atoms with E-state index in [4.69, 9.17) is 5.11 Å². The molecule has 0 fully saturated rings. The maximum Gasteiger partial charge on any atom is 0.326 e. The van der Waals surface area contributed by atoms with Crippen molar-refractivity contribution in [2.24, 2.45) is 0 Å². The third kappa shape index (κ3) is 3.35. The summed E-state index contributed by atoms with van der Waals surface area (Å²) in [5.41, 5.74) is 1.27. The van der Waals surface area contributed by atoms with E-state index < -0.39 is 12.0 Å². The average molecular weight is 281 g/mol. The molecular formula is C14H19NO3S. The molecule has 1 amide bonds. The van der Waals surface area contributed by atoms with Crippen LogP contribution in [0.25, 0.3) is 0 Å². The number of thiophene rings is 1. The fourth-order valence-electron chi connectivity index (χ4n) is 2.38. The topological polar surface area (TPSA) is 66.4 Å². The zero-order valence-corrected chi connectivity index (χ0v) is 11.9. The maximum atomic E-state index is 12.1. The molecule has 0 bridgehead atoms. The molecule has 1 aliphatic rings. The summed E-state index contributed by atoms with van der Waals surface area (Å²) in [6.07, 6.45) is 5.64. The molecule has 1 aromatic rings. The van der Waals surface area contributed by atoms with Crippen LogP contribution in [0.4, 0.5) is 0 Å². The fraction of sp³-hybridized carbons (Fsp3) is 0.571. The summed E-state index contributed by atoms with van der Waals surface area (Å²) in [4.78, 5) is 25.1. The van der Waals surface area contributed by atoms with Crippen LogP contribution in [0.15, 0.2) is 6.07 Å². The zero-order valence-electron chi connectivity index (χ0n) is 11.1. The second-order valence-corrected chi connectivity index (χ2v) is 6.06. The summed E-state index contributed by atoms with van der Waals surface area (Å²) in [5.74, 6) is -1.21. The molecule has 0 aliphatic heterocycles. The molecule has 2 N–H and O–H groups in total. The number of fused-ring (bicyclic) bond motifs is 1. The zero-order chi connectivity index (χ0) is 13.8. The van der Waals surface area contributed by atoms with E-state index in [9.17, 15) is 9.59 Å². The average Bonchev–Trinajstić information content (AvgIpc) is 2.81. The Labute approximate surface area is 116 Å². The number of carbonyl (C=O) groups excluding carboxylic acids is 1. The van der Waals surface area contributed by atoms with Gasteiger partial charge >= 0.3 is 5.97 Å². The van der Waals surface area contributed by atoms with Gasteiger partial charge in [-0.1, -0.05) is 13.3 Å². The first-order valence-corrected chi connectivity index (χ1v) is 7.58. The summed E-state index contributed by atoms with van der Waals surface area (Å²) in [6, 6.07) is 1.15. The van der Waals surface area contributed by atoms with E-state index in [0.29, 0.717) is 11.3 Å². The molecule has 104 valence electrons. The number of amides is 1. The minimum absolute atomic E-state index is 0.250. The van der Waals surface area contributed by atoms with Crippen molar-refractivity contribution in [2.45, 2.75) is 51.5 Å².